The van der Waals surface area contributed by atoms with Crippen LogP contribution < -0.4 is 9.47 Å². The number of carbonyl (C=O) groups excluding carboxylic acids is 1. The van der Waals surface area contributed by atoms with Gasteiger partial charge in [0.15, 0.2) is 10.9 Å². The fourth-order valence-electron chi connectivity index (χ4n) is 3.63. The Balaban J connectivity index is 1.70. The molecule has 3 rings (SSSR count). The van der Waals surface area contributed by atoms with Gasteiger partial charge >= 0.3 is 0 Å². The fourth-order valence-corrected chi connectivity index (χ4v) is 4.43. The van der Waals surface area contributed by atoms with Crippen LogP contribution in [-0.2, 0) is 13.5 Å². The van der Waals surface area contributed by atoms with Crippen LogP contribution in [0.15, 0.2) is 47.6 Å². The van der Waals surface area contributed by atoms with E-state index in [0.717, 1.165) is 12.2 Å². The highest BCUT2D eigenvalue weighted by atomic mass is 32.2. The third kappa shape index (κ3) is 5.51. The zero-order chi connectivity index (χ0) is 23.3. The lowest BCUT2D eigenvalue weighted by molar-refractivity contribution is 0.101. The lowest BCUT2D eigenvalue weighted by atomic mass is 9.96. The summed E-state index contributed by atoms with van der Waals surface area (Å²) in [5.41, 5.74) is 3.04. The molecule has 2 aromatic carbocycles. The van der Waals surface area contributed by atoms with Crippen LogP contribution in [0.4, 0.5) is 0 Å². The normalized spacial score (nSPS) is 12.1. The quantitative estimate of drug-likeness (QED) is 0.312. The lowest BCUT2D eigenvalue weighted by Crippen LogP contribution is -2.08. The van der Waals surface area contributed by atoms with E-state index in [1.54, 1.807) is 32.4 Å². The molecule has 1 unspecified atom stereocenters. The van der Waals surface area contributed by atoms with Gasteiger partial charge in [0.1, 0.15) is 17.3 Å². The van der Waals surface area contributed by atoms with Crippen molar-refractivity contribution in [3.05, 3.63) is 65.0 Å². The Kier molecular flexibility index (Phi) is 7.96. The van der Waals surface area contributed by atoms with Gasteiger partial charge in [0, 0.05) is 13.0 Å². The van der Waals surface area contributed by atoms with Crippen molar-refractivity contribution in [2.45, 2.75) is 38.3 Å². The number of nitrogens with zero attached hydrogens (tertiary/aromatic N) is 3. The Morgan fingerprint density at radius 1 is 1.03 bits per heavy atom. The smallest absolute Gasteiger partial charge is 0.191 e. The van der Waals surface area contributed by atoms with Gasteiger partial charge in [-0.05, 0) is 41.7 Å². The number of ether oxygens (including phenoxy) is 2. The Labute approximate surface area is 194 Å². The highest BCUT2D eigenvalue weighted by Crippen LogP contribution is 2.29. The number of methoxy groups -OCH3 is 2. The number of Topliss-reactive ketones (excluding diaryl/α,β-unsaturated/α-hetero) is 1. The van der Waals surface area contributed by atoms with E-state index in [-0.39, 0.29) is 17.5 Å². The number of rotatable bonds is 10. The standard InChI is InChI=1S/C25H31N3O3S/c1-16(2)13-18-7-9-19(10-8-18)17(3)24-26-27-25(28(24)4)32-15-22(29)21-14-20(30-5)11-12-23(21)31-6/h7-12,14,16-17H,13,15H2,1-6H3. The van der Waals surface area contributed by atoms with Gasteiger partial charge in [-0.3, -0.25) is 4.79 Å². The van der Waals surface area contributed by atoms with Crippen LogP contribution in [0.2, 0.25) is 0 Å². The van der Waals surface area contributed by atoms with E-state index in [9.17, 15) is 4.79 Å². The second kappa shape index (κ2) is 10.7. The highest BCUT2D eigenvalue weighted by Gasteiger charge is 2.20. The van der Waals surface area contributed by atoms with Crippen LogP contribution >= 0.6 is 11.8 Å². The van der Waals surface area contributed by atoms with Gasteiger partial charge in [-0.2, -0.15) is 0 Å². The maximum absolute atomic E-state index is 12.8. The molecule has 0 aliphatic rings. The SMILES string of the molecule is COc1ccc(OC)c(C(=O)CSc2nnc(C(C)c3ccc(CC(C)C)cc3)n2C)c1. The molecule has 0 amide bonds. The van der Waals surface area contributed by atoms with Crippen molar-refractivity contribution in [1.82, 2.24) is 14.8 Å². The van der Waals surface area contributed by atoms with E-state index in [2.05, 4.69) is 55.2 Å². The predicted molar refractivity (Wildman–Crippen MR) is 128 cm³/mol. The maximum Gasteiger partial charge on any atom is 0.191 e. The van der Waals surface area contributed by atoms with Crippen LogP contribution in [0, 0.1) is 5.92 Å². The maximum atomic E-state index is 12.8. The summed E-state index contributed by atoms with van der Waals surface area (Å²) in [6.45, 7) is 6.58. The predicted octanol–water partition coefficient (Wildman–Crippen LogP) is 5.16. The number of hydrogen-bond acceptors (Lipinski definition) is 6. The molecule has 0 bridgehead atoms. The first-order valence-electron chi connectivity index (χ1n) is 10.7. The third-order valence-electron chi connectivity index (χ3n) is 5.42. The van der Waals surface area contributed by atoms with Crippen molar-refractivity contribution in [3.63, 3.8) is 0 Å². The van der Waals surface area contributed by atoms with Gasteiger partial charge in [-0.1, -0.05) is 56.8 Å². The van der Waals surface area contributed by atoms with Crippen molar-refractivity contribution >= 4 is 17.5 Å². The summed E-state index contributed by atoms with van der Waals surface area (Å²) in [5.74, 6) is 2.94. The Morgan fingerprint density at radius 2 is 1.75 bits per heavy atom. The molecule has 32 heavy (non-hydrogen) atoms. The number of aromatic nitrogens is 3. The summed E-state index contributed by atoms with van der Waals surface area (Å²) in [5, 5.41) is 9.45. The Hall–Kier alpha value is -2.80. The highest BCUT2D eigenvalue weighted by molar-refractivity contribution is 7.99. The van der Waals surface area contributed by atoms with Crippen molar-refractivity contribution in [2.75, 3.05) is 20.0 Å². The van der Waals surface area contributed by atoms with Crippen LogP contribution in [-0.4, -0.2) is 40.5 Å². The number of ketones is 1. The molecule has 3 aromatic rings. The number of thioether (sulfide) groups is 1. The molecule has 1 aromatic heterocycles. The summed E-state index contributed by atoms with van der Waals surface area (Å²) < 4.78 is 12.5. The third-order valence-corrected chi connectivity index (χ3v) is 6.44. The molecule has 0 radical (unpaired) electrons. The first-order valence-corrected chi connectivity index (χ1v) is 11.7. The summed E-state index contributed by atoms with van der Waals surface area (Å²) in [7, 11) is 5.07. The van der Waals surface area contributed by atoms with E-state index < -0.39 is 0 Å². The minimum atomic E-state index is -0.0518. The number of benzene rings is 2. The molecule has 0 saturated carbocycles. The Bertz CT molecular complexity index is 1060. The molecule has 1 atom stereocenters. The molecule has 170 valence electrons. The summed E-state index contributed by atoms with van der Waals surface area (Å²) in [6.07, 6.45) is 1.07. The number of carbonyl (C=O) groups is 1. The first kappa shape index (κ1) is 23.9. The van der Waals surface area contributed by atoms with Crippen molar-refractivity contribution in [3.8, 4) is 11.5 Å². The molecule has 7 heteroatoms. The molecule has 1 heterocycles. The topological polar surface area (TPSA) is 66.2 Å². The van der Waals surface area contributed by atoms with Gasteiger partial charge in [0.05, 0.1) is 25.5 Å². The van der Waals surface area contributed by atoms with Gasteiger partial charge in [-0.15, -0.1) is 10.2 Å². The molecule has 0 N–H and O–H groups in total. The minimum absolute atomic E-state index is 0.0518. The lowest BCUT2D eigenvalue weighted by Gasteiger charge is -2.13. The summed E-state index contributed by atoms with van der Waals surface area (Å²) in [6, 6.07) is 13.9. The zero-order valence-electron chi connectivity index (χ0n) is 19.6. The first-order chi connectivity index (χ1) is 15.3. The van der Waals surface area contributed by atoms with Gasteiger partial charge in [0.2, 0.25) is 0 Å². The van der Waals surface area contributed by atoms with Crippen molar-refractivity contribution in [2.24, 2.45) is 13.0 Å². The largest absolute Gasteiger partial charge is 0.497 e. The molecule has 6 nitrogen and oxygen atoms in total. The van der Waals surface area contributed by atoms with Crippen molar-refractivity contribution < 1.29 is 14.3 Å². The fraction of sp³-hybridized carbons (Fsp3) is 0.400. The molecule has 0 saturated heterocycles. The second-order valence-electron chi connectivity index (χ2n) is 8.24. The van der Waals surface area contributed by atoms with E-state index in [4.69, 9.17) is 9.47 Å². The average Bonchev–Trinajstić information content (AvgIpc) is 3.16. The van der Waals surface area contributed by atoms with Crippen LogP contribution in [0.3, 0.4) is 0 Å². The van der Waals surface area contributed by atoms with Gasteiger partial charge in [-0.25, -0.2) is 0 Å². The summed E-state index contributed by atoms with van der Waals surface area (Å²) in [4.78, 5) is 12.8. The second-order valence-corrected chi connectivity index (χ2v) is 9.18. The van der Waals surface area contributed by atoms with Crippen molar-refractivity contribution in [1.29, 1.82) is 0 Å². The average molecular weight is 454 g/mol. The molecule has 0 aliphatic carbocycles. The monoisotopic (exact) mass is 453 g/mol. The zero-order valence-corrected chi connectivity index (χ0v) is 20.4. The van der Waals surface area contributed by atoms with E-state index in [1.807, 2.05) is 11.6 Å². The van der Waals surface area contributed by atoms with E-state index in [1.165, 1.54) is 22.9 Å². The molecule has 0 spiro atoms. The minimum Gasteiger partial charge on any atom is -0.497 e. The molecular weight excluding hydrogens is 422 g/mol. The Morgan fingerprint density at radius 3 is 2.38 bits per heavy atom. The molecular formula is C25H31N3O3S. The van der Waals surface area contributed by atoms with E-state index >= 15 is 0 Å². The van der Waals surface area contributed by atoms with Gasteiger partial charge in [0.25, 0.3) is 0 Å². The summed E-state index contributed by atoms with van der Waals surface area (Å²) >= 11 is 1.37. The van der Waals surface area contributed by atoms with Crippen LogP contribution in [0.5, 0.6) is 11.5 Å². The molecule has 0 fully saturated rings. The van der Waals surface area contributed by atoms with Crippen LogP contribution in [0.25, 0.3) is 0 Å². The number of hydrogen-bond donors (Lipinski definition) is 0. The van der Waals surface area contributed by atoms with Crippen LogP contribution in [0.1, 0.15) is 54.0 Å². The molecule has 0 aliphatic heterocycles. The van der Waals surface area contributed by atoms with Gasteiger partial charge < -0.3 is 14.0 Å². The van der Waals surface area contributed by atoms with E-state index in [0.29, 0.717) is 28.1 Å².